The molecule has 0 radical (unpaired) electrons. The van der Waals surface area contributed by atoms with E-state index in [1.165, 1.54) is 12.8 Å². The lowest BCUT2D eigenvalue weighted by atomic mass is 9.98. The number of hydrogen-bond acceptors (Lipinski definition) is 1. The smallest absolute Gasteiger partial charge is 0.0626 e. The molecular weight excluding hydrogens is 241 g/mol. The van der Waals surface area contributed by atoms with E-state index in [4.69, 9.17) is 23.2 Å². The van der Waals surface area contributed by atoms with Crippen LogP contribution in [-0.4, -0.2) is 12.6 Å². The van der Waals surface area contributed by atoms with Gasteiger partial charge in [0.25, 0.3) is 0 Å². The van der Waals surface area contributed by atoms with E-state index in [0.717, 1.165) is 24.6 Å². The summed E-state index contributed by atoms with van der Waals surface area (Å²) in [5, 5.41) is 4.88. The Kier molecular flexibility index (Phi) is 4.12. The lowest BCUT2D eigenvalue weighted by Gasteiger charge is -2.14. The van der Waals surface area contributed by atoms with E-state index < -0.39 is 0 Å². The first-order valence-electron chi connectivity index (χ1n) is 5.85. The third kappa shape index (κ3) is 3.13. The van der Waals surface area contributed by atoms with Crippen LogP contribution in [0.1, 0.15) is 37.7 Å². The Bertz CT molecular complexity index is 361. The maximum absolute atomic E-state index is 6.19. The summed E-state index contributed by atoms with van der Waals surface area (Å²) >= 11 is 12.2. The maximum Gasteiger partial charge on any atom is 0.0626 e. The van der Waals surface area contributed by atoms with Gasteiger partial charge in [0.1, 0.15) is 0 Å². The lowest BCUT2D eigenvalue weighted by molar-refractivity contribution is 0.592. The van der Waals surface area contributed by atoms with Gasteiger partial charge in [-0.05, 0) is 43.4 Å². The normalized spacial score (nSPS) is 17.4. The molecule has 1 fully saturated rings. The van der Waals surface area contributed by atoms with Crippen LogP contribution in [0, 0.1) is 0 Å². The Morgan fingerprint density at radius 3 is 2.81 bits per heavy atom. The molecule has 0 aromatic heterocycles. The van der Waals surface area contributed by atoms with Crippen molar-refractivity contribution < 1.29 is 0 Å². The van der Waals surface area contributed by atoms with Crippen molar-refractivity contribution in [3.05, 3.63) is 33.8 Å². The predicted molar refractivity (Wildman–Crippen MR) is 70.5 cm³/mol. The van der Waals surface area contributed by atoms with Gasteiger partial charge < -0.3 is 5.32 Å². The van der Waals surface area contributed by atoms with Crippen LogP contribution in [0.3, 0.4) is 0 Å². The van der Waals surface area contributed by atoms with Gasteiger partial charge in [-0.1, -0.05) is 42.3 Å². The van der Waals surface area contributed by atoms with E-state index in [2.05, 4.69) is 18.3 Å². The molecule has 1 aliphatic carbocycles. The van der Waals surface area contributed by atoms with Gasteiger partial charge in [-0.3, -0.25) is 0 Å². The quantitative estimate of drug-likeness (QED) is 0.832. The molecule has 1 nitrogen and oxygen atoms in total. The van der Waals surface area contributed by atoms with E-state index in [1.807, 2.05) is 12.1 Å². The van der Waals surface area contributed by atoms with E-state index in [-0.39, 0.29) is 0 Å². The molecule has 3 heteroatoms. The topological polar surface area (TPSA) is 12.0 Å². The minimum atomic E-state index is 0.456. The van der Waals surface area contributed by atoms with Gasteiger partial charge >= 0.3 is 0 Å². The molecular formula is C13H17Cl2N. The zero-order valence-corrected chi connectivity index (χ0v) is 11.0. The number of hydrogen-bond donors (Lipinski definition) is 1. The monoisotopic (exact) mass is 257 g/mol. The van der Waals surface area contributed by atoms with Gasteiger partial charge in [0.15, 0.2) is 0 Å². The molecule has 0 saturated heterocycles. The van der Waals surface area contributed by atoms with Gasteiger partial charge in [-0.15, -0.1) is 0 Å². The van der Waals surface area contributed by atoms with Crippen LogP contribution in [0.2, 0.25) is 10.0 Å². The molecule has 1 atom stereocenters. The van der Waals surface area contributed by atoms with Crippen LogP contribution in [0.15, 0.2) is 18.2 Å². The minimum Gasteiger partial charge on any atom is -0.314 e. The van der Waals surface area contributed by atoms with Gasteiger partial charge in [0.2, 0.25) is 0 Å². The fourth-order valence-corrected chi connectivity index (χ4v) is 2.34. The summed E-state index contributed by atoms with van der Waals surface area (Å²) in [6.45, 7) is 3.26. The summed E-state index contributed by atoms with van der Waals surface area (Å²) in [6.07, 6.45) is 3.79. The van der Waals surface area contributed by atoms with Crippen LogP contribution in [0.5, 0.6) is 0 Å². The van der Waals surface area contributed by atoms with E-state index in [1.54, 1.807) is 0 Å². The van der Waals surface area contributed by atoms with Crippen molar-refractivity contribution in [1.29, 1.82) is 0 Å². The second kappa shape index (κ2) is 5.39. The third-order valence-electron chi connectivity index (χ3n) is 3.10. The summed E-state index contributed by atoms with van der Waals surface area (Å²) < 4.78 is 0. The Hall–Kier alpha value is -0.240. The molecule has 2 rings (SSSR count). The van der Waals surface area contributed by atoms with Crippen molar-refractivity contribution in [2.24, 2.45) is 0 Å². The molecule has 1 aromatic carbocycles. The highest BCUT2D eigenvalue weighted by Gasteiger charge is 2.20. The highest BCUT2D eigenvalue weighted by Crippen LogP contribution is 2.32. The molecule has 0 heterocycles. The Morgan fingerprint density at radius 1 is 1.38 bits per heavy atom. The second-order valence-electron chi connectivity index (χ2n) is 4.56. The molecule has 1 unspecified atom stereocenters. The van der Waals surface area contributed by atoms with Crippen LogP contribution >= 0.6 is 23.2 Å². The summed E-state index contributed by atoms with van der Waals surface area (Å²) in [5.74, 6) is 0.456. The molecule has 16 heavy (non-hydrogen) atoms. The molecule has 88 valence electrons. The number of rotatable bonds is 5. The fourth-order valence-electron chi connectivity index (χ4n) is 1.85. The third-order valence-corrected chi connectivity index (χ3v) is 3.93. The van der Waals surface area contributed by atoms with E-state index in [9.17, 15) is 0 Å². The van der Waals surface area contributed by atoms with Gasteiger partial charge in [0.05, 0.1) is 10.0 Å². The van der Waals surface area contributed by atoms with Gasteiger partial charge in [-0.2, -0.15) is 0 Å². The first-order valence-corrected chi connectivity index (χ1v) is 6.61. The molecule has 1 aromatic rings. The van der Waals surface area contributed by atoms with Crippen molar-refractivity contribution in [1.82, 2.24) is 5.32 Å². The van der Waals surface area contributed by atoms with Gasteiger partial charge in [0, 0.05) is 6.04 Å². The van der Waals surface area contributed by atoms with Crippen LogP contribution in [-0.2, 0) is 0 Å². The van der Waals surface area contributed by atoms with Crippen LogP contribution in [0.4, 0.5) is 0 Å². The van der Waals surface area contributed by atoms with Gasteiger partial charge in [-0.25, -0.2) is 0 Å². The fraction of sp³-hybridized carbons (Fsp3) is 0.538. The largest absolute Gasteiger partial charge is 0.314 e. The van der Waals surface area contributed by atoms with Crippen LogP contribution in [0.25, 0.3) is 0 Å². The molecule has 0 aliphatic heterocycles. The highest BCUT2D eigenvalue weighted by atomic mass is 35.5. The van der Waals surface area contributed by atoms with Crippen LogP contribution < -0.4 is 5.32 Å². The number of benzene rings is 1. The van der Waals surface area contributed by atoms with E-state index >= 15 is 0 Å². The standard InChI is InChI=1S/C13H17Cl2N/c1-9(7-8-16-10-5-6-10)11-3-2-4-12(14)13(11)15/h2-4,9-10,16H,5-8H2,1H3. The Balaban J connectivity index is 1.91. The zero-order valence-electron chi connectivity index (χ0n) is 9.47. The summed E-state index contributed by atoms with van der Waals surface area (Å²) in [7, 11) is 0. The second-order valence-corrected chi connectivity index (χ2v) is 5.35. The molecule has 0 spiro atoms. The number of halogens is 2. The first-order chi connectivity index (χ1) is 7.68. The predicted octanol–water partition coefficient (Wildman–Crippen LogP) is 4.24. The lowest BCUT2D eigenvalue weighted by Crippen LogP contribution is -2.19. The Morgan fingerprint density at radius 2 is 2.12 bits per heavy atom. The SMILES string of the molecule is CC(CCNC1CC1)c1cccc(Cl)c1Cl. The first kappa shape index (κ1) is 12.2. The molecule has 1 N–H and O–H groups in total. The molecule has 1 saturated carbocycles. The average molecular weight is 258 g/mol. The molecule has 1 aliphatic rings. The minimum absolute atomic E-state index is 0.456. The summed E-state index contributed by atoms with van der Waals surface area (Å²) in [4.78, 5) is 0. The highest BCUT2D eigenvalue weighted by molar-refractivity contribution is 6.42. The Labute approximate surface area is 107 Å². The zero-order chi connectivity index (χ0) is 11.5. The molecule has 0 amide bonds. The van der Waals surface area contributed by atoms with Crippen molar-refractivity contribution >= 4 is 23.2 Å². The average Bonchev–Trinajstić information content (AvgIpc) is 3.06. The summed E-state index contributed by atoms with van der Waals surface area (Å²) in [6, 6.07) is 6.65. The number of nitrogens with one attached hydrogen (secondary N) is 1. The maximum atomic E-state index is 6.19. The van der Waals surface area contributed by atoms with Crippen molar-refractivity contribution in [2.45, 2.75) is 38.1 Å². The van der Waals surface area contributed by atoms with E-state index in [0.29, 0.717) is 16.0 Å². The van der Waals surface area contributed by atoms with Crippen molar-refractivity contribution in [3.8, 4) is 0 Å². The molecule has 0 bridgehead atoms. The van der Waals surface area contributed by atoms with Crippen molar-refractivity contribution in [2.75, 3.05) is 6.54 Å². The van der Waals surface area contributed by atoms with Crippen molar-refractivity contribution in [3.63, 3.8) is 0 Å². The summed E-state index contributed by atoms with van der Waals surface area (Å²) in [5.41, 5.74) is 1.16.